The highest BCUT2D eigenvalue weighted by atomic mass is 79.9. The van der Waals surface area contributed by atoms with Gasteiger partial charge in [0.2, 0.25) is 5.91 Å². The summed E-state index contributed by atoms with van der Waals surface area (Å²) in [6.45, 7) is -0.237. The fraction of sp³-hybridized carbons (Fsp3) is 0.385. The summed E-state index contributed by atoms with van der Waals surface area (Å²) in [6, 6.07) is 6.60. The molecule has 0 radical (unpaired) electrons. The lowest BCUT2D eigenvalue weighted by molar-refractivity contribution is -0.131. The van der Waals surface area contributed by atoms with E-state index in [1.807, 2.05) is 0 Å². The van der Waals surface area contributed by atoms with Crippen LogP contribution in [-0.4, -0.2) is 36.7 Å². The molecular weight excluding hydrogens is 312 g/mol. The van der Waals surface area contributed by atoms with E-state index >= 15 is 0 Å². The van der Waals surface area contributed by atoms with Crippen molar-refractivity contribution >= 4 is 21.8 Å². The van der Waals surface area contributed by atoms with Crippen molar-refractivity contribution in [2.75, 3.05) is 20.8 Å². The van der Waals surface area contributed by atoms with Crippen LogP contribution in [0.3, 0.4) is 0 Å². The van der Waals surface area contributed by atoms with E-state index in [-0.39, 0.29) is 18.9 Å². The number of carbonyl (C=O) groups is 1. The molecule has 0 aliphatic heterocycles. The number of nitriles is 1. The first-order valence-corrected chi connectivity index (χ1v) is 6.41. The predicted molar refractivity (Wildman–Crippen MR) is 73.5 cm³/mol. The largest absolute Gasteiger partial charge is 0.497 e. The molecule has 1 amide bonds. The fourth-order valence-corrected chi connectivity index (χ4v) is 2.21. The van der Waals surface area contributed by atoms with Gasteiger partial charge in [-0.15, -0.1) is 0 Å². The van der Waals surface area contributed by atoms with Crippen molar-refractivity contribution in [2.24, 2.45) is 0 Å². The average Bonchev–Trinajstić information content (AvgIpc) is 2.41. The Balaban J connectivity index is 3.09. The van der Waals surface area contributed by atoms with Gasteiger partial charge >= 0.3 is 0 Å². The van der Waals surface area contributed by atoms with Gasteiger partial charge < -0.3 is 14.7 Å². The highest BCUT2D eigenvalue weighted by Gasteiger charge is 2.23. The summed E-state index contributed by atoms with van der Waals surface area (Å²) >= 11 is 3.39. The zero-order valence-corrected chi connectivity index (χ0v) is 12.3. The van der Waals surface area contributed by atoms with Gasteiger partial charge in [-0.05, 0) is 23.8 Å². The van der Waals surface area contributed by atoms with E-state index in [0.717, 1.165) is 10.0 Å². The Morgan fingerprint density at radius 1 is 1.63 bits per heavy atom. The van der Waals surface area contributed by atoms with Crippen LogP contribution < -0.4 is 4.74 Å². The van der Waals surface area contributed by atoms with Crippen LogP contribution >= 0.6 is 15.9 Å². The first kappa shape index (κ1) is 15.5. The molecule has 1 N–H and O–H groups in total. The van der Waals surface area contributed by atoms with Crippen LogP contribution in [0.2, 0.25) is 0 Å². The third kappa shape index (κ3) is 3.69. The van der Waals surface area contributed by atoms with E-state index < -0.39 is 6.04 Å². The molecular formula is C13H15BrN2O3. The Kier molecular flexibility index (Phi) is 5.80. The molecule has 0 saturated carbocycles. The van der Waals surface area contributed by atoms with E-state index in [0.29, 0.717) is 5.75 Å². The lowest BCUT2D eigenvalue weighted by Gasteiger charge is -2.27. The first-order valence-electron chi connectivity index (χ1n) is 5.62. The lowest BCUT2D eigenvalue weighted by atomic mass is 10.1. The number of carbonyl (C=O) groups excluding carboxylic acids is 1. The van der Waals surface area contributed by atoms with Crippen LogP contribution in [0.25, 0.3) is 0 Å². The van der Waals surface area contributed by atoms with Gasteiger partial charge in [0.25, 0.3) is 0 Å². The molecule has 1 atom stereocenters. The Labute approximate surface area is 120 Å². The molecule has 0 unspecified atom stereocenters. The number of halogens is 1. The van der Waals surface area contributed by atoms with Crippen LogP contribution in [0, 0.1) is 11.3 Å². The second kappa shape index (κ2) is 7.12. The lowest BCUT2D eigenvalue weighted by Crippen LogP contribution is -2.33. The molecule has 1 aromatic carbocycles. The number of methoxy groups -OCH3 is 1. The molecule has 0 bridgehead atoms. The minimum Gasteiger partial charge on any atom is -0.497 e. The molecule has 102 valence electrons. The second-order valence-electron chi connectivity index (χ2n) is 3.93. The second-order valence-corrected chi connectivity index (χ2v) is 4.78. The number of nitrogens with zero attached hydrogens (tertiary/aromatic N) is 2. The van der Waals surface area contributed by atoms with E-state index in [4.69, 9.17) is 10.00 Å². The Morgan fingerprint density at radius 2 is 2.32 bits per heavy atom. The minimum absolute atomic E-state index is 0.214. The van der Waals surface area contributed by atoms with E-state index in [1.54, 1.807) is 38.4 Å². The van der Waals surface area contributed by atoms with Crippen molar-refractivity contribution in [1.82, 2.24) is 4.90 Å². The smallest absolute Gasteiger partial charge is 0.237 e. The zero-order chi connectivity index (χ0) is 14.4. The number of amides is 1. The molecule has 0 spiro atoms. The van der Waals surface area contributed by atoms with E-state index in [9.17, 15) is 9.90 Å². The molecule has 0 aliphatic carbocycles. The van der Waals surface area contributed by atoms with Crippen molar-refractivity contribution in [3.8, 4) is 11.8 Å². The number of hydrogen-bond acceptors (Lipinski definition) is 4. The Bertz CT molecular complexity index is 499. The number of rotatable bonds is 5. The maximum Gasteiger partial charge on any atom is 0.237 e. The van der Waals surface area contributed by atoms with Gasteiger partial charge in [0.1, 0.15) is 12.2 Å². The summed E-state index contributed by atoms with van der Waals surface area (Å²) in [6.07, 6.45) is -0.214. The number of ether oxygens (including phenoxy) is 1. The van der Waals surface area contributed by atoms with Gasteiger partial charge in [0.05, 0.1) is 25.8 Å². The van der Waals surface area contributed by atoms with E-state index in [1.165, 1.54) is 4.90 Å². The molecule has 0 fully saturated rings. The van der Waals surface area contributed by atoms with Gasteiger partial charge in [0, 0.05) is 11.5 Å². The van der Waals surface area contributed by atoms with Gasteiger partial charge in [-0.25, -0.2) is 0 Å². The number of hydrogen-bond donors (Lipinski definition) is 1. The molecule has 0 heterocycles. The molecule has 19 heavy (non-hydrogen) atoms. The number of aliphatic hydroxyl groups excluding tert-OH is 1. The molecule has 0 aromatic heterocycles. The van der Waals surface area contributed by atoms with Crippen molar-refractivity contribution in [3.63, 3.8) is 0 Å². The minimum atomic E-state index is -0.523. The average molecular weight is 327 g/mol. The van der Waals surface area contributed by atoms with Crippen molar-refractivity contribution in [2.45, 2.75) is 12.5 Å². The highest BCUT2D eigenvalue weighted by molar-refractivity contribution is 9.10. The van der Waals surface area contributed by atoms with Crippen molar-refractivity contribution in [1.29, 1.82) is 5.26 Å². The molecule has 5 nitrogen and oxygen atoms in total. The molecule has 1 aromatic rings. The van der Waals surface area contributed by atoms with Gasteiger partial charge in [0.15, 0.2) is 0 Å². The fourth-order valence-electron chi connectivity index (χ4n) is 1.70. The standard InChI is InChI=1S/C13H15BrN2O3/c1-16(13(18)5-6-15)12(8-17)10-7-9(19-2)3-4-11(10)14/h3-4,7,12,17H,5,8H2,1-2H3/t12-/m0/s1. The van der Waals surface area contributed by atoms with E-state index in [2.05, 4.69) is 15.9 Å². The summed E-state index contributed by atoms with van der Waals surface area (Å²) < 4.78 is 5.90. The molecule has 6 heteroatoms. The Hall–Kier alpha value is -1.58. The zero-order valence-electron chi connectivity index (χ0n) is 10.8. The monoisotopic (exact) mass is 326 g/mol. The van der Waals surface area contributed by atoms with Crippen LogP contribution in [0.4, 0.5) is 0 Å². The molecule has 0 aliphatic rings. The third-order valence-corrected chi connectivity index (χ3v) is 3.55. The Morgan fingerprint density at radius 3 is 2.84 bits per heavy atom. The maximum absolute atomic E-state index is 11.7. The quantitative estimate of drug-likeness (QED) is 0.896. The van der Waals surface area contributed by atoms with Crippen LogP contribution in [-0.2, 0) is 4.79 Å². The summed E-state index contributed by atoms with van der Waals surface area (Å²) in [5.74, 6) is 0.300. The molecule has 0 saturated heterocycles. The first-order chi connectivity index (χ1) is 9.04. The third-order valence-electron chi connectivity index (χ3n) is 2.83. The normalized spacial score (nSPS) is 11.5. The number of likely N-dealkylation sites (N-methyl/N-ethyl adjacent to an activating group) is 1. The van der Waals surface area contributed by atoms with Gasteiger partial charge in [-0.2, -0.15) is 5.26 Å². The van der Waals surface area contributed by atoms with Crippen LogP contribution in [0.15, 0.2) is 22.7 Å². The topological polar surface area (TPSA) is 73.6 Å². The van der Waals surface area contributed by atoms with Gasteiger partial charge in [-0.3, -0.25) is 4.79 Å². The molecule has 1 rings (SSSR count). The summed E-state index contributed by atoms with van der Waals surface area (Å²) in [4.78, 5) is 13.1. The summed E-state index contributed by atoms with van der Waals surface area (Å²) in [7, 11) is 3.11. The highest BCUT2D eigenvalue weighted by Crippen LogP contribution is 2.30. The predicted octanol–water partition coefficient (Wildman–Crippen LogP) is 1.86. The van der Waals surface area contributed by atoms with Crippen LogP contribution in [0.5, 0.6) is 5.75 Å². The summed E-state index contributed by atoms with van der Waals surface area (Å²) in [5, 5.41) is 18.1. The maximum atomic E-state index is 11.7. The van der Waals surface area contributed by atoms with Crippen LogP contribution in [0.1, 0.15) is 18.0 Å². The number of aliphatic hydroxyl groups is 1. The summed E-state index contributed by atoms with van der Waals surface area (Å²) in [5.41, 5.74) is 0.732. The SMILES string of the molecule is COc1ccc(Br)c([C@H](CO)N(C)C(=O)CC#N)c1. The van der Waals surface area contributed by atoms with Gasteiger partial charge in [-0.1, -0.05) is 15.9 Å². The van der Waals surface area contributed by atoms with Crippen molar-refractivity contribution in [3.05, 3.63) is 28.2 Å². The number of benzene rings is 1. The van der Waals surface area contributed by atoms with Crippen molar-refractivity contribution < 1.29 is 14.6 Å².